The maximum atomic E-state index is 9.74. The lowest BCUT2D eigenvalue weighted by molar-refractivity contribution is 0.153. The number of anilines is 3. The molecule has 7 nitrogen and oxygen atoms in total. The van der Waals surface area contributed by atoms with Crippen molar-refractivity contribution in [2.75, 3.05) is 41.7 Å². The van der Waals surface area contributed by atoms with Gasteiger partial charge in [-0.1, -0.05) is 0 Å². The van der Waals surface area contributed by atoms with E-state index in [4.69, 9.17) is 5.73 Å². The van der Waals surface area contributed by atoms with Crippen LogP contribution in [0.15, 0.2) is 0 Å². The lowest BCUT2D eigenvalue weighted by Crippen LogP contribution is -2.39. The molecule has 0 saturated carbocycles. The minimum atomic E-state index is -0.304. The van der Waals surface area contributed by atoms with E-state index < -0.39 is 0 Å². The Balaban J connectivity index is 1.84. The zero-order valence-corrected chi connectivity index (χ0v) is 11.0. The molecule has 0 aromatic carbocycles. The topological polar surface area (TPSA) is 91.4 Å². The molecule has 1 aromatic rings. The molecule has 2 saturated heterocycles. The van der Waals surface area contributed by atoms with E-state index in [-0.39, 0.29) is 12.1 Å². The molecule has 0 amide bonds. The summed E-state index contributed by atoms with van der Waals surface area (Å²) in [4.78, 5) is 17.1. The Morgan fingerprint density at radius 3 is 2.26 bits per heavy atom. The van der Waals surface area contributed by atoms with E-state index in [2.05, 4.69) is 19.9 Å². The number of nitrogen functional groups attached to an aromatic ring is 1. The molecule has 0 aliphatic carbocycles. The number of rotatable bonds is 2. The average Bonchev–Trinajstić information content (AvgIpc) is 2.92. The maximum Gasteiger partial charge on any atom is 0.232 e. The molecule has 3 N–H and O–H groups in total. The summed E-state index contributed by atoms with van der Waals surface area (Å²) in [5.41, 5.74) is 5.79. The van der Waals surface area contributed by atoms with Crippen LogP contribution < -0.4 is 15.5 Å². The maximum absolute atomic E-state index is 9.74. The van der Waals surface area contributed by atoms with Gasteiger partial charge in [0.2, 0.25) is 17.8 Å². The van der Waals surface area contributed by atoms with Crippen LogP contribution in [0.3, 0.4) is 0 Å². The lowest BCUT2D eigenvalue weighted by Gasteiger charge is -2.30. The highest BCUT2D eigenvalue weighted by Crippen LogP contribution is 2.21. The van der Waals surface area contributed by atoms with Gasteiger partial charge in [0.1, 0.15) is 0 Å². The van der Waals surface area contributed by atoms with Gasteiger partial charge in [0.15, 0.2) is 0 Å². The Morgan fingerprint density at radius 2 is 1.58 bits per heavy atom. The number of aliphatic hydroxyl groups excluding tert-OH is 1. The number of hydrogen-bond donors (Lipinski definition) is 2. The first kappa shape index (κ1) is 12.4. The quantitative estimate of drug-likeness (QED) is 0.777. The summed E-state index contributed by atoms with van der Waals surface area (Å²) in [6.07, 6.45) is 3.83. The third-order valence-electron chi connectivity index (χ3n) is 3.70. The SMILES string of the molecule is Nc1nc(N2CCCC2)nc(N2CCCC(O)C2)n1. The van der Waals surface area contributed by atoms with Gasteiger partial charge in [-0.15, -0.1) is 0 Å². The molecule has 19 heavy (non-hydrogen) atoms. The molecule has 0 radical (unpaired) electrons. The zero-order chi connectivity index (χ0) is 13.2. The van der Waals surface area contributed by atoms with Gasteiger partial charge in [0, 0.05) is 26.2 Å². The first-order valence-corrected chi connectivity index (χ1v) is 6.92. The van der Waals surface area contributed by atoms with E-state index in [1.807, 2.05) is 4.90 Å². The smallest absolute Gasteiger partial charge is 0.232 e. The second-order valence-corrected chi connectivity index (χ2v) is 5.23. The highest BCUT2D eigenvalue weighted by molar-refractivity contribution is 5.44. The van der Waals surface area contributed by atoms with Crippen molar-refractivity contribution in [2.45, 2.75) is 31.8 Å². The highest BCUT2D eigenvalue weighted by atomic mass is 16.3. The molecule has 2 aliphatic heterocycles. The molecule has 0 bridgehead atoms. The third kappa shape index (κ3) is 2.70. The van der Waals surface area contributed by atoms with Crippen LogP contribution in [-0.2, 0) is 0 Å². The second-order valence-electron chi connectivity index (χ2n) is 5.23. The predicted molar refractivity (Wildman–Crippen MR) is 73.1 cm³/mol. The molecule has 2 aliphatic rings. The zero-order valence-electron chi connectivity index (χ0n) is 11.0. The van der Waals surface area contributed by atoms with Crippen molar-refractivity contribution in [1.29, 1.82) is 0 Å². The van der Waals surface area contributed by atoms with Crippen molar-refractivity contribution in [2.24, 2.45) is 0 Å². The summed E-state index contributed by atoms with van der Waals surface area (Å²) in [7, 11) is 0. The van der Waals surface area contributed by atoms with E-state index in [9.17, 15) is 5.11 Å². The lowest BCUT2D eigenvalue weighted by atomic mass is 10.1. The van der Waals surface area contributed by atoms with Crippen LogP contribution in [0.4, 0.5) is 17.8 Å². The number of piperidine rings is 1. The van der Waals surface area contributed by atoms with Crippen LogP contribution in [-0.4, -0.2) is 52.3 Å². The van der Waals surface area contributed by atoms with Gasteiger partial charge in [0.25, 0.3) is 0 Å². The van der Waals surface area contributed by atoms with Crippen molar-refractivity contribution in [3.05, 3.63) is 0 Å². The van der Waals surface area contributed by atoms with Gasteiger partial charge in [0.05, 0.1) is 6.10 Å². The first-order chi connectivity index (χ1) is 9.22. The fraction of sp³-hybridized carbons (Fsp3) is 0.750. The number of nitrogens with two attached hydrogens (primary N) is 1. The molecule has 1 unspecified atom stereocenters. The Morgan fingerprint density at radius 1 is 0.947 bits per heavy atom. The van der Waals surface area contributed by atoms with Gasteiger partial charge in [-0.2, -0.15) is 15.0 Å². The van der Waals surface area contributed by atoms with Crippen molar-refractivity contribution in [3.63, 3.8) is 0 Å². The number of nitrogens with zero attached hydrogens (tertiary/aromatic N) is 5. The van der Waals surface area contributed by atoms with Crippen LogP contribution in [0, 0.1) is 0 Å². The summed E-state index contributed by atoms with van der Waals surface area (Å²) < 4.78 is 0. The molecule has 3 heterocycles. The van der Waals surface area contributed by atoms with Gasteiger partial charge >= 0.3 is 0 Å². The number of aromatic nitrogens is 3. The number of β-amino-alcohol motifs (C(OH)–C–C–N with tert-alkyl or cyclic N) is 1. The standard InChI is InChI=1S/C12H20N6O/c13-10-14-11(17-5-1-2-6-17)16-12(15-10)18-7-3-4-9(19)8-18/h9,19H,1-8H2,(H2,13,14,15,16). The van der Waals surface area contributed by atoms with Gasteiger partial charge < -0.3 is 20.6 Å². The molecule has 104 valence electrons. The average molecular weight is 264 g/mol. The van der Waals surface area contributed by atoms with Crippen LogP contribution in [0.2, 0.25) is 0 Å². The molecule has 1 atom stereocenters. The summed E-state index contributed by atoms with van der Waals surface area (Å²) in [6.45, 7) is 3.39. The van der Waals surface area contributed by atoms with Crippen molar-refractivity contribution >= 4 is 17.8 Å². The van der Waals surface area contributed by atoms with Crippen molar-refractivity contribution in [3.8, 4) is 0 Å². The Bertz CT molecular complexity index is 448. The van der Waals surface area contributed by atoms with Gasteiger partial charge in [-0.05, 0) is 25.7 Å². The molecular formula is C12H20N6O. The van der Waals surface area contributed by atoms with Crippen LogP contribution in [0.25, 0.3) is 0 Å². The van der Waals surface area contributed by atoms with E-state index >= 15 is 0 Å². The van der Waals surface area contributed by atoms with Gasteiger partial charge in [-0.25, -0.2) is 0 Å². The Hall–Kier alpha value is -1.63. The van der Waals surface area contributed by atoms with Crippen molar-refractivity contribution in [1.82, 2.24) is 15.0 Å². The second kappa shape index (κ2) is 5.16. The van der Waals surface area contributed by atoms with Crippen molar-refractivity contribution < 1.29 is 5.11 Å². The normalized spacial score (nSPS) is 23.9. The summed E-state index contributed by atoms with van der Waals surface area (Å²) in [5.74, 6) is 1.51. The van der Waals surface area contributed by atoms with Gasteiger partial charge in [-0.3, -0.25) is 0 Å². The number of aliphatic hydroxyl groups is 1. The largest absolute Gasteiger partial charge is 0.391 e. The van der Waals surface area contributed by atoms with Crippen LogP contribution in [0.1, 0.15) is 25.7 Å². The van der Waals surface area contributed by atoms with Crippen LogP contribution in [0.5, 0.6) is 0 Å². The molecule has 3 rings (SSSR count). The molecule has 0 spiro atoms. The van der Waals surface area contributed by atoms with E-state index in [1.165, 1.54) is 12.8 Å². The highest BCUT2D eigenvalue weighted by Gasteiger charge is 2.23. The minimum Gasteiger partial charge on any atom is -0.391 e. The van der Waals surface area contributed by atoms with E-state index in [1.54, 1.807) is 0 Å². The fourth-order valence-corrected chi connectivity index (χ4v) is 2.71. The Kier molecular flexibility index (Phi) is 3.37. The molecule has 2 fully saturated rings. The first-order valence-electron chi connectivity index (χ1n) is 6.92. The fourth-order valence-electron chi connectivity index (χ4n) is 2.71. The number of hydrogen-bond acceptors (Lipinski definition) is 7. The Labute approximate surface area is 112 Å². The summed E-state index contributed by atoms with van der Waals surface area (Å²) in [5, 5.41) is 9.74. The monoisotopic (exact) mass is 264 g/mol. The minimum absolute atomic E-state index is 0.256. The molecule has 1 aromatic heterocycles. The summed E-state index contributed by atoms with van der Waals surface area (Å²) >= 11 is 0. The van der Waals surface area contributed by atoms with E-state index in [0.717, 1.165) is 32.5 Å². The summed E-state index contributed by atoms with van der Waals surface area (Å²) in [6, 6.07) is 0. The van der Waals surface area contributed by atoms with Crippen LogP contribution >= 0.6 is 0 Å². The predicted octanol–water partition coefficient (Wildman–Crippen LogP) is 0.0151. The molecule has 7 heteroatoms. The molecular weight excluding hydrogens is 244 g/mol. The van der Waals surface area contributed by atoms with E-state index in [0.29, 0.717) is 18.4 Å². The third-order valence-corrected chi connectivity index (χ3v) is 3.70.